The van der Waals surface area contributed by atoms with Crippen molar-refractivity contribution in [2.24, 2.45) is 4.99 Å². The summed E-state index contributed by atoms with van der Waals surface area (Å²) in [7, 11) is 4.05. The Morgan fingerprint density at radius 2 is 1.97 bits per heavy atom. The number of rotatable bonds is 6. The number of nitrogens with zero attached hydrogens (tertiary/aromatic N) is 3. The maximum absolute atomic E-state index is 13.3. The summed E-state index contributed by atoms with van der Waals surface area (Å²) in [5.41, 5.74) is 1.06. The van der Waals surface area contributed by atoms with Crippen molar-refractivity contribution in [2.75, 3.05) is 53.5 Å². The van der Waals surface area contributed by atoms with E-state index in [1.54, 1.807) is 0 Å². The average Bonchev–Trinajstić information content (AvgIpc) is 3.23. The van der Waals surface area contributed by atoms with Crippen LogP contribution in [0, 0.1) is 5.82 Å². The van der Waals surface area contributed by atoms with Gasteiger partial charge in [-0.3, -0.25) is 4.99 Å². The lowest BCUT2D eigenvalue weighted by Gasteiger charge is -2.37. The number of guanidine groups is 1. The van der Waals surface area contributed by atoms with Crippen LogP contribution in [0.15, 0.2) is 29.3 Å². The first kappa shape index (κ1) is 24.3. The van der Waals surface area contributed by atoms with Gasteiger partial charge in [0.2, 0.25) is 0 Å². The van der Waals surface area contributed by atoms with Crippen molar-refractivity contribution >= 4 is 29.9 Å². The Morgan fingerprint density at radius 3 is 2.59 bits per heavy atom. The predicted molar refractivity (Wildman–Crippen MR) is 125 cm³/mol. The molecule has 164 valence electrons. The third kappa shape index (κ3) is 6.77. The molecule has 0 aliphatic carbocycles. The van der Waals surface area contributed by atoms with Gasteiger partial charge in [0.15, 0.2) is 5.96 Å². The third-order valence-electron chi connectivity index (χ3n) is 5.40. The Balaban J connectivity index is 0.00000300. The van der Waals surface area contributed by atoms with E-state index in [-0.39, 0.29) is 48.0 Å². The van der Waals surface area contributed by atoms with Crippen molar-refractivity contribution in [1.82, 2.24) is 15.1 Å². The molecule has 0 radical (unpaired) electrons. The zero-order valence-electron chi connectivity index (χ0n) is 17.6. The van der Waals surface area contributed by atoms with E-state index in [1.165, 1.54) is 12.1 Å². The van der Waals surface area contributed by atoms with E-state index >= 15 is 0 Å². The lowest BCUT2D eigenvalue weighted by molar-refractivity contribution is -0.0817. The second-order valence-corrected chi connectivity index (χ2v) is 7.63. The van der Waals surface area contributed by atoms with Gasteiger partial charge in [-0.15, -0.1) is 24.0 Å². The number of nitrogens with one attached hydrogen (secondary N) is 1. The number of halogens is 2. The van der Waals surface area contributed by atoms with Crippen LogP contribution in [0.2, 0.25) is 0 Å². The summed E-state index contributed by atoms with van der Waals surface area (Å²) >= 11 is 0. The SMILES string of the molecule is CCNC(=NCC(c1ccc(F)cc1)N(C)C)N1CCOC(C2CCCO2)C1.I. The molecule has 8 heteroatoms. The molecule has 2 heterocycles. The van der Waals surface area contributed by atoms with E-state index in [9.17, 15) is 4.39 Å². The monoisotopic (exact) mass is 520 g/mol. The highest BCUT2D eigenvalue weighted by Gasteiger charge is 2.32. The van der Waals surface area contributed by atoms with Gasteiger partial charge in [-0.2, -0.15) is 0 Å². The van der Waals surface area contributed by atoms with Gasteiger partial charge in [-0.05, 0) is 51.6 Å². The van der Waals surface area contributed by atoms with Crippen molar-refractivity contribution in [3.8, 4) is 0 Å². The lowest BCUT2D eigenvalue weighted by atomic mass is 10.1. The zero-order valence-corrected chi connectivity index (χ0v) is 20.0. The number of hydrogen-bond acceptors (Lipinski definition) is 4. The molecular formula is C21H34FIN4O2. The summed E-state index contributed by atoms with van der Waals surface area (Å²) in [6.45, 7) is 6.62. The molecule has 2 aliphatic heterocycles. The number of hydrogen-bond donors (Lipinski definition) is 1. The topological polar surface area (TPSA) is 49.3 Å². The van der Waals surface area contributed by atoms with Crippen LogP contribution >= 0.6 is 24.0 Å². The molecule has 6 nitrogen and oxygen atoms in total. The molecule has 3 atom stereocenters. The van der Waals surface area contributed by atoms with Crippen molar-refractivity contribution in [3.63, 3.8) is 0 Å². The van der Waals surface area contributed by atoms with Gasteiger partial charge in [0.1, 0.15) is 11.9 Å². The molecule has 0 spiro atoms. The van der Waals surface area contributed by atoms with E-state index in [0.717, 1.165) is 50.6 Å². The highest BCUT2D eigenvalue weighted by molar-refractivity contribution is 14.0. The Labute approximate surface area is 190 Å². The normalized spacial score (nSPS) is 23.8. The van der Waals surface area contributed by atoms with Gasteiger partial charge in [0.05, 0.1) is 25.3 Å². The van der Waals surface area contributed by atoms with Gasteiger partial charge in [-0.1, -0.05) is 12.1 Å². The first-order valence-corrected chi connectivity index (χ1v) is 10.3. The maximum Gasteiger partial charge on any atom is 0.194 e. The number of benzene rings is 1. The highest BCUT2D eigenvalue weighted by atomic mass is 127. The quantitative estimate of drug-likeness (QED) is 0.355. The summed E-state index contributed by atoms with van der Waals surface area (Å²) in [6.07, 6.45) is 2.47. The second kappa shape index (κ2) is 12.0. The first-order valence-electron chi connectivity index (χ1n) is 10.3. The summed E-state index contributed by atoms with van der Waals surface area (Å²) in [4.78, 5) is 9.31. The van der Waals surface area contributed by atoms with Crippen LogP contribution < -0.4 is 5.32 Å². The van der Waals surface area contributed by atoms with Crippen LogP contribution in [0.1, 0.15) is 31.4 Å². The van der Waals surface area contributed by atoms with E-state index in [0.29, 0.717) is 13.2 Å². The van der Waals surface area contributed by atoms with Gasteiger partial charge in [-0.25, -0.2) is 4.39 Å². The van der Waals surface area contributed by atoms with E-state index < -0.39 is 0 Å². The molecule has 1 N–H and O–H groups in total. The van der Waals surface area contributed by atoms with Crippen molar-refractivity contribution in [3.05, 3.63) is 35.6 Å². The van der Waals surface area contributed by atoms with E-state index in [1.807, 2.05) is 26.2 Å². The van der Waals surface area contributed by atoms with Crippen LogP contribution in [0.4, 0.5) is 4.39 Å². The molecule has 1 aromatic rings. The number of likely N-dealkylation sites (N-methyl/N-ethyl adjacent to an activating group) is 1. The fourth-order valence-electron chi connectivity index (χ4n) is 3.84. The Bertz CT molecular complexity index is 638. The largest absolute Gasteiger partial charge is 0.375 e. The summed E-state index contributed by atoms with van der Waals surface area (Å²) in [6, 6.07) is 6.78. The van der Waals surface area contributed by atoms with Gasteiger partial charge >= 0.3 is 0 Å². The fourth-order valence-corrected chi connectivity index (χ4v) is 3.84. The smallest absolute Gasteiger partial charge is 0.194 e. The molecule has 3 unspecified atom stereocenters. The van der Waals surface area contributed by atoms with Crippen LogP contribution in [0.5, 0.6) is 0 Å². The predicted octanol–water partition coefficient (Wildman–Crippen LogP) is 2.89. The summed E-state index contributed by atoms with van der Waals surface area (Å²) in [5.74, 6) is 0.689. The Hall–Kier alpha value is -0.970. The summed E-state index contributed by atoms with van der Waals surface area (Å²) in [5, 5.41) is 3.42. The lowest BCUT2D eigenvalue weighted by Crippen LogP contribution is -2.53. The van der Waals surface area contributed by atoms with Crippen LogP contribution in [0.3, 0.4) is 0 Å². The molecule has 0 aromatic heterocycles. The molecule has 2 fully saturated rings. The average molecular weight is 520 g/mol. The van der Waals surface area contributed by atoms with Crippen molar-refractivity contribution in [1.29, 1.82) is 0 Å². The van der Waals surface area contributed by atoms with Gasteiger partial charge in [0, 0.05) is 26.2 Å². The standard InChI is InChI=1S/C21H33FN4O2.HI/c1-4-23-21(26-11-13-28-20(15-26)19-6-5-12-27-19)24-14-18(25(2)3)16-7-9-17(22)10-8-16;/h7-10,18-20H,4-6,11-15H2,1-3H3,(H,23,24);1H. The second-order valence-electron chi connectivity index (χ2n) is 7.63. The van der Waals surface area contributed by atoms with E-state index in [4.69, 9.17) is 14.5 Å². The first-order chi connectivity index (χ1) is 13.6. The minimum atomic E-state index is -0.216. The number of aliphatic imine (C=N–C) groups is 1. The van der Waals surface area contributed by atoms with Crippen LogP contribution in [0.25, 0.3) is 0 Å². The molecule has 29 heavy (non-hydrogen) atoms. The number of ether oxygens (including phenoxy) is 2. The molecule has 2 aliphatic rings. The molecule has 1 aromatic carbocycles. The van der Waals surface area contributed by atoms with Crippen molar-refractivity contribution in [2.45, 2.75) is 38.0 Å². The van der Waals surface area contributed by atoms with Crippen LogP contribution in [-0.4, -0.2) is 81.5 Å². The van der Waals surface area contributed by atoms with Crippen molar-refractivity contribution < 1.29 is 13.9 Å². The molecule has 0 saturated carbocycles. The summed E-state index contributed by atoms with van der Waals surface area (Å²) < 4.78 is 25.1. The zero-order chi connectivity index (χ0) is 19.9. The minimum absolute atomic E-state index is 0. The van der Waals surface area contributed by atoms with Crippen LogP contribution in [-0.2, 0) is 9.47 Å². The number of morpholine rings is 1. The maximum atomic E-state index is 13.3. The Kier molecular flexibility index (Phi) is 10.1. The molecule has 2 saturated heterocycles. The minimum Gasteiger partial charge on any atom is -0.375 e. The molecule has 3 rings (SSSR count). The molecule has 0 amide bonds. The highest BCUT2D eigenvalue weighted by Crippen LogP contribution is 2.22. The molecule has 0 bridgehead atoms. The Morgan fingerprint density at radius 1 is 1.24 bits per heavy atom. The third-order valence-corrected chi connectivity index (χ3v) is 5.40. The van der Waals surface area contributed by atoms with Gasteiger partial charge in [0.25, 0.3) is 0 Å². The van der Waals surface area contributed by atoms with Gasteiger partial charge < -0.3 is 24.6 Å². The van der Waals surface area contributed by atoms with E-state index in [2.05, 4.69) is 22.0 Å². The molecular weight excluding hydrogens is 486 g/mol. The fraction of sp³-hybridized carbons (Fsp3) is 0.667.